The highest BCUT2D eigenvalue weighted by Gasteiger charge is 2.53. The van der Waals surface area contributed by atoms with Gasteiger partial charge in [0.25, 0.3) is 0 Å². The normalized spacial score (nSPS) is 22.3. The van der Waals surface area contributed by atoms with Crippen molar-refractivity contribution in [2.24, 2.45) is 11.8 Å². The first-order valence-corrected chi connectivity index (χ1v) is 7.87. The lowest BCUT2D eigenvalue weighted by molar-refractivity contribution is -0.125. The molecule has 0 heterocycles. The highest BCUT2D eigenvalue weighted by Crippen LogP contribution is 2.34. The van der Waals surface area contributed by atoms with E-state index in [1.54, 1.807) is 0 Å². The molecule has 4 rings (SSSR count). The van der Waals surface area contributed by atoms with Gasteiger partial charge in [-0.15, -0.1) is 0 Å². The number of benzene rings is 2. The molecule has 2 aromatic carbocycles. The van der Waals surface area contributed by atoms with Crippen LogP contribution in [-0.4, -0.2) is 34.7 Å². The molecule has 0 radical (unpaired) electrons. The molecular formula is C20H10O6. The summed E-state index contributed by atoms with van der Waals surface area (Å²) in [4.78, 5) is 75.3. The number of ketones is 6. The number of rotatable bonds is 1. The smallest absolute Gasteiger partial charge is 0.230 e. The molecule has 0 aromatic heterocycles. The molecule has 0 unspecified atom stereocenters. The summed E-state index contributed by atoms with van der Waals surface area (Å²) in [6.07, 6.45) is 0. The van der Waals surface area contributed by atoms with Crippen LogP contribution in [0.1, 0.15) is 41.4 Å². The van der Waals surface area contributed by atoms with Gasteiger partial charge in [0, 0.05) is 22.3 Å². The monoisotopic (exact) mass is 346 g/mol. The summed E-state index contributed by atoms with van der Waals surface area (Å²) >= 11 is 0. The van der Waals surface area contributed by atoms with Crippen LogP contribution in [0.4, 0.5) is 0 Å². The Morgan fingerprint density at radius 2 is 0.731 bits per heavy atom. The van der Waals surface area contributed by atoms with Crippen LogP contribution in [0.25, 0.3) is 0 Å². The zero-order valence-electron chi connectivity index (χ0n) is 13.2. The predicted molar refractivity (Wildman–Crippen MR) is 87.2 cm³/mol. The molecule has 0 fully saturated rings. The largest absolute Gasteiger partial charge is 0.293 e. The minimum Gasteiger partial charge on any atom is -0.293 e. The van der Waals surface area contributed by atoms with Crippen LogP contribution in [-0.2, 0) is 9.59 Å². The van der Waals surface area contributed by atoms with Crippen molar-refractivity contribution in [1.29, 1.82) is 0 Å². The lowest BCUT2D eigenvalue weighted by Crippen LogP contribution is -2.50. The van der Waals surface area contributed by atoms with Gasteiger partial charge in [0.2, 0.25) is 23.1 Å². The Labute approximate surface area is 146 Å². The van der Waals surface area contributed by atoms with Crippen LogP contribution >= 0.6 is 0 Å². The van der Waals surface area contributed by atoms with E-state index in [9.17, 15) is 28.8 Å². The molecule has 0 amide bonds. The maximum atomic E-state index is 12.8. The molecule has 2 aromatic rings. The number of hydrogen-bond donors (Lipinski definition) is 0. The van der Waals surface area contributed by atoms with Crippen molar-refractivity contribution in [2.75, 3.05) is 0 Å². The molecule has 2 atom stereocenters. The number of carbonyl (C=O) groups is 6. The average Bonchev–Trinajstić information content (AvgIpc) is 2.67. The first kappa shape index (κ1) is 16.0. The molecule has 0 spiro atoms. The Balaban J connectivity index is 1.88. The van der Waals surface area contributed by atoms with Crippen molar-refractivity contribution in [2.45, 2.75) is 0 Å². The average molecular weight is 346 g/mol. The summed E-state index contributed by atoms with van der Waals surface area (Å²) in [5.41, 5.74) is -0.148. The fourth-order valence-corrected chi connectivity index (χ4v) is 3.52. The quantitative estimate of drug-likeness (QED) is 0.573. The topological polar surface area (TPSA) is 102 Å². The molecule has 0 aliphatic heterocycles. The summed E-state index contributed by atoms with van der Waals surface area (Å²) in [6, 6.07) is 11.5. The molecule has 0 N–H and O–H groups in total. The van der Waals surface area contributed by atoms with Crippen LogP contribution in [0.2, 0.25) is 0 Å². The van der Waals surface area contributed by atoms with E-state index in [0.717, 1.165) is 0 Å². The fraction of sp³-hybridized carbons (Fsp3) is 0.100. The second-order valence-corrected chi connectivity index (χ2v) is 6.16. The highest BCUT2D eigenvalue weighted by atomic mass is 16.2. The summed E-state index contributed by atoms with van der Waals surface area (Å²) < 4.78 is 0. The van der Waals surface area contributed by atoms with E-state index in [-0.39, 0.29) is 22.3 Å². The zero-order chi connectivity index (χ0) is 18.6. The van der Waals surface area contributed by atoms with Crippen LogP contribution in [0.5, 0.6) is 0 Å². The zero-order valence-corrected chi connectivity index (χ0v) is 13.2. The molecule has 6 nitrogen and oxygen atoms in total. The van der Waals surface area contributed by atoms with Gasteiger partial charge < -0.3 is 0 Å². The van der Waals surface area contributed by atoms with Gasteiger partial charge in [0.15, 0.2) is 11.6 Å². The van der Waals surface area contributed by atoms with E-state index < -0.39 is 46.5 Å². The van der Waals surface area contributed by atoms with Crippen molar-refractivity contribution in [3.05, 3.63) is 70.8 Å². The lowest BCUT2D eigenvalue weighted by atomic mass is 9.67. The summed E-state index contributed by atoms with van der Waals surface area (Å²) in [5, 5.41) is 0. The molecule has 0 bridgehead atoms. The van der Waals surface area contributed by atoms with E-state index in [1.807, 2.05) is 0 Å². The lowest BCUT2D eigenvalue weighted by Gasteiger charge is -2.29. The molecule has 126 valence electrons. The minimum absolute atomic E-state index is 0.0194. The van der Waals surface area contributed by atoms with Gasteiger partial charge >= 0.3 is 0 Å². The highest BCUT2D eigenvalue weighted by molar-refractivity contribution is 6.57. The van der Waals surface area contributed by atoms with E-state index >= 15 is 0 Å². The summed E-state index contributed by atoms with van der Waals surface area (Å²) in [5.74, 6) is -9.30. The van der Waals surface area contributed by atoms with Crippen molar-refractivity contribution in [3.8, 4) is 0 Å². The molecular weight excluding hydrogens is 336 g/mol. The van der Waals surface area contributed by atoms with Gasteiger partial charge in [0.1, 0.15) is 11.8 Å². The van der Waals surface area contributed by atoms with Gasteiger partial charge in [-0.25, -0.2) is 0 Å². The molecule has 6 heteroatoms. The van der Waals surface area contributed by atoms with Crippen LogP contribution in [0, 0.1) is 11.8 Å². The molecule has 26 heavy (non-hydrogen) atoms. The van der Waals surface area contributed by atoms with Crippen molar-refractivity contribution >= 4 is 34.7 Å². The SMILES string of the molecule is O=C1C(=O)[C@H]([C@H]2C(=O)C(=O)c3ccccc3C2=O)C(=O)c2ccccc21. The maximum Gasteiger partial charge on any atom is 0.230 e. The Morgan fingerprint density at radius 1 is 0.423 bits per heavy atom. The molecule has 0 saturated heterocycles. The van der Waals surface area contributed by atoms with E-state index in [0.29, 0.717) is 0 Å². The number of Topliss-reactive ketones (excluding diaryl/α,β-unsaturated/α-hetero) is 6. The Morgan fingerprint density at radius 3 is 1.08 bits per heavy atom. The third-order valence-corrected chi connectivity index (χ3v) is 4.79. The number of fused-ring (bicyclic) bond motifs is 2. The van der Waals surface area contributed by atoms with Gasteiger partial charge in [-0.05, 0) is 0 Å². The van der Waals surface area contributed by atoms with Gasteiger partial charge in [-0.3, -0.25) is 28.8 Å². The third kappa shape index (κ3) is 1.99. The van der Waals surface area contributed by atoms with Crippen molar-refractivity contribution in [3.63, 3.8) is 0 Å². The van der Waals surface area contributed by atoms with E-state index in [4.69, 9.17) is 0 Å². The summed E-state index contributed by atoms with van der Waals surface area (Å²) in [6.45, 7) is 0. The van der Waals surface area contributed by atoms with E-state index in [2.05, 4.69) is 0 Å². The molecule has 2 aliphatic rings. The second kappa shape index (κ2) is 5.49. The van der Waals surface area contributed by atoms with Crippen LogP contribution < -0.4 is 0 Å². The van der Waals surface area contributed by atoms with Crippen molar-refractivity contribution < 1.29 is 28.8 Å². The Kier molecular flexibility index (Phi) is 3.37. The Bertz CT molecular complexity index is 976. The first-order valence-electron chi connectivity index (χ1n) is 7.87. The number of hydrogen-bond acceptors (Lipinski definition) is 6. The predicted octanol–water partition coefficient (Wildman–Crippen LogP) is 1.52. The van der Waals surface area contributed by atoms with Gasteiger partial charge in [-0.1, -0.05) is 48.5 Å². The fourth-order valence-electron chi connectivity index (χ4n) is 3.52. The second-order valence-electron chi connectivity index (χ2n) is 6.16. The van der Waals surface area contributed by atoms with Crippen molar-refractivity contribution in [1.82, 2.24) is 0 Å². The summed E-state index contributed by atoms with van der Waals surface area (Å²) in [7, 11) is 0. The molecule has 2 aliphatic carbocycles. The van der Waals surface area contributed by atoms with Crippen LogP contribution in [0.3, 0.4) is 0 Å². The Hall–Kier alpha value is -3.54. The van der Waals surface area contributed by atoms with E-state index in [1.165, 1.54) is 48.5 Å². The molecule has 0 saturated carbocycles. The number of carbonyl (C=O) groups excluding carboxylic acids is 6. The maximum absolute atomic E-state index is 12.8. The minimum atomic E-state index is -1.80. The van der Waals surface area contributed by atoms with Gasteiger partial charge in [-0.2, -0.15) is 0 Å². The van der Waals surface area contributed by atoms with Crippen LogP contribution in [0.15, 0.2) is 48.5 Å². The third-order valence-electron chi connectivity index (χ3n) is 4.79. The standard InChI is InChI=1S/C20H10O6/c21-15-9-5-1-3-7-11(9)17(23)19(25)13(15)14-16(22)10-6-2-4-8-12(10)18(24)20(14)26/h1-8,13-14H/t13-,14-/m1/s1. The first-order chi connectivity index (χ1) is 12.4. The van der Waals surface area contributed by atoms with Gasteiger partial charge in [0.05, 0.1) is 0 Å².